The molecule has 0 bridgehead atoms. The van der Waals surface area contributed by atoms with E-state index in [9.17, 15) is 24.6 Å². The Hall–Kier alpha value is -2.73. The van der Waals surface area contributed by atoms with Crippen LogP contribution < -0.4 is 0 Å². The number of rotatable bonds is 8. The van der Waals surface area contributed by atoms with Crippen LogP contribution in [-0.4, -0.2) is 116 Å². The van der Waals surface area contributed by atoms with Gasteiger partial charge in [0.1, 0.15) is 12.2 Å². The number of aliphatic hydroxyl groups excluding tert-OH is 2. The Bertz CT molecular complexity index is 1220. The second-order valence-electron chi connectivity index (χ2n) is 12.7. The Morgan fingerprint density at radius 1 is 1.21 bits per heavy atom. The first-order valence-electron chi connectivity index (χ1n) is 14.9. The van der Waals surface area contributed by atoms with Crippen LogP contribution >= 0.6 is 0 Å². The van der Waals surface area contributed by atoms with Gasteiger partial charge in [0, 0.05) is 70.0 Å². The Balaban J connectivity index is 1.56. The number of fused-ring (bicyclic) bond motifs is 4. The van der Waals surface area contributed by atoms with E-state index in [-0.39, 0.29) is 23.7 Å². The monoisotopic (exact) mass is 588 g/mol. The summed E-state index contributed by atoms with van der Waals surface area (Å²) in [4.78, 5) is 44.2. The lowest BCUT2D eigenvalue weighted by Gasteiger charge is -2.54. The number of morpholine rings is 1. The van der Waals surface area contributed by atoms with E-state index < -0.39 is 52.6 Å². The average Bonchev–Trinajstić information content (AvgIpc) is 3.23. The van der Waals surface area contributed by atoms with Crippen molar-refractivity contribution in [3.63, 3.8) is 0 Å². The summed E-state index contributed by atoms with van der Waals surface area (Å²) in [5, 5.41) is 22.6. The highest BCUT2D eigenvalue weighted by Gasteiger charge is 2.64. The summed E-state index contributed by atoms with van der Waals surface area (Å²) in [5.74, 6) is -2.63. The molecule has 232 valence electrons. The van der Waals surface area contributed by atoms with E-state index in [2.05, 4.69) is 4.90 Å². The minimum Gasteiger partial charge on any atom is -0.504 e. The van der Waals surface area contributed by atoms with E-state index in [0.717, 1.165) is 39.3 Å². The molecule has 2 heterocycles. The van der Waals surface area contributed by atoms with Crippen molar-refractivity contribution >= 4 is 17.7 Å². The minimum absolute atomic E-state index is 0.00398. The first kappa shape index (κ1) is 30.7. The van der Waals surface area contributed by atoms with Crippen molar-refractivity contribution in [3.8, 4) is 0 Å². The molecule has 0 spiro atoms. The highest BCUT2D eigenvalue weighted by atomic mass is 16.6. The number of carbonyl (C=O) groups excluding carboxylic acids is 3. The summed E-state index contributed by atoms with van der Waals surface area (Å²) in [6, 6.07) is 0. The molecule has 0 amide bonds. The molecule has 42 heavy (non-hydrogen) atoms. The van der Waals surface area contributed by atoms with Crippen molar-refractivity contribution in [1.82, 2.24) is 9.80 Å². The number of esters is 2. The number of ketones is 1. The maximum atomic E-state index is 14.1. The smallest absolute Gasteiger partial charge is 0.340 e. The minimum atomic E-state index is -1.22. The first-order chi connectivity index (χ1) is 19.9. The molecule has 11 heteroatoms. The largest absolute Gasteiger partial charge is 0.504 e. The highest BCUT2D eigenvalue weighted by molar-refractivity contribution is 6.13. The molecule has 0 unspecified atom stereocenters. The van der Waals surface area contributed by atoms with Gasteiger partial charge in [-0.1, -0.05) is 6.92 Å². The zero-order chi connectivity index (χ0) is 30.4. The third kappa shape index (κ3) is 5.08. The standard InChI is InChI=1S/C31H44N2O9/c1-18(34)41-21-15-30(2)20(7-8-22(30)35)24-26(21)31(3)23(17-39-5)42-29(38)19(25(31)28(37)27(24)36)16-32(4)9-6-10-33-11-13-40-14-12-33/h16,20-23,35,37H,6-15,17H2,1-5H3/b19-16+/t20-,21+,22-,23+,30-,31-/m0/s1. The third-order valence-electron chi connectivity index (χ3n) is 10.1. The summed E-state index contributed by atoms with van der Waals surface area (Å²) in [6.07, 6.45) is 1.40. The van der Waals surface area contributed by atoms with Gasteiger partial charge in [-0.25, -0.2) is 4.79 Å². The highest BCUT2D eigenvalue weighted by Crippen LogP contribution is 2.63. The fourth-order valence-corrected chi connectivity index (χ4v) is 7.93. The molecule has 1 saturated carbocycles. The lowest BCUT2D eigenvalue weighted by Crippen LogP contribution is -2.57. The second-order valence-corrected chi connectivity index (χ2v) is 12.7. The molecule has 3 fully saturated rings. The molecule has 6 atom stereocenters. The van der Waals surface area contributed by atoms with Gasteiger partial charge in [0.25, 0.3) is 0 Å². The molecule has 5 rings (SSSR count). The zero-order valence-electron chi connectivity index (χ0n) is 25.3. The van der Waals surface area contributed by atoms with Crippen LogP contribution in [-0.2, 0) is 33.3 Å². The Morgan fingerprint density at radius 3 is 2.60 bits per heavy atom. The maximum absolute atomic E-state index is 14.1. The number of carbonyl (C=O) groups is 3. The van der Waals surface area contributed by atoms with Crippen LogP contribution in [0.25, 0.3) is 0 Å². The third-order valence-corrected chi connectivity index (χ3v) is 10.1. The number of nitrogens with zero attached hydrogens (tertiary/aromatic N) is 2. The van der Waals surface area contributed by atoms with Gasteiger partial charge in [-0.05, 0) is 44.1 Å². The van der Waals surface area contributed by atoms with Crippen LogP contribution in [0.5, 0.6) is 0 Å². The molecule has 2 N–H and O–H groups in total. The van der Waals surface area contributed by atoms with Gasteiger partial charge in [-0.2, -0.15) is 0 Å². The number of cyclic esters (lactones) is 1. The van der Waals surface area contributed by atoms with Gasteiger partial charge < -0.3 is 34.1 Å². The van der Waals surface area contributed by atoms with Crippen molar-refractivity contribution in [3.05, 3.63) is 34.3 Å². The summed E-state index contributed by atoms with van der Waals surface area (Å²) in [7, 11) is 3.34. The normalized spacial score (nSPS) is 36.0. The van der Waals surface area contributed by atoms with E-state index in [0.29, 0.717) is 37.0 Å². The molecule has 2 saturated heterocycles. The van der Waals surface area contributed by atoms with Gasteiger partial charge >= 0.3 is 11.9 Å². The summed E-state index contributed by atoms with van der Waals surface area (Å²) in [6.45, 7) is 9.78. The second kappa shape index (κ2) is 11.7. The quantitative estimate of drug-likeness (QED) is 0.318. The molecular formula is C31H44N2O9. The van der Waals surface area contributed by atoms with Gasteiger partial charge in [-0.15, -0.1) is 0 Å². The van der Waals surface area contributed by atoms with Crippen molar-refractivity contribution in [1.29, 1.82) is 0 Å². The molecule has 2 aliphatic heterocycles. The van der Waals surface area contributed by atoms with Crippen molar-refractivity contribution in [2.75, 3.05) is 60.2 Å². The predicted molar refractivity (Wildman–Crippen MR) is 151 cm³/mol. The number of ether oxygens (including phenoxy) is 4. The van der Waals surface area contributed by atoms with Crippen LogP contribution in [0.4, 0.5) is 0 Å². The number of allylic oxidation sites excluding steroid dienone is 1. The van der Waals surface area contributed by atoms with E-state index >= 15 is 0 Å². The van der Waals surface area contributed by atoms with Gasteiger partial charge in [0.15, 0.2) is 5.76 Å². The van der Waals surface area contributed by atoms with Crippen LogP contribution in [0.1, 0.15) is 46.5 Å². The summed E-state index contributed by atoms with van der Waals surface area (Å²) >= 11 is 0. The average molecular weight is 589 g/mol. The molecular weight excluding hydrogens is 544 g/mol. The summed E-state index contributed by atoms with van der Waals surface area (Å²) < 4.78 is 22.8. The van der Waals surface area contributed by atoms with Crippen molar-refractivity contribution in [2.24, 2.45) is 16.7 Å². The molecule has 0 aromatic carbocycles. The van der Waals surface area contributed by atoms with Crippen LogP contribution in [0.15, 0.2) is 34.3 Å². The number of hydrogen-bond acceptors (Lipinski definition) is 11. The Labute approximate surface area is 247 Å². The molecule has 11 nitrogen and oxygen atoms in total. The Morgan fingerprint density at radius 2 is 1.93 bits per heavy atom. The SMILES string of the molecule is COC[C@H]1OC(=O)/C(=C/N(C)CCCN2CCOCC2)C2=C(O)C(=O)C3=C([C@H](OC(C)=O)C[C@]4(C)[C@@H](O)CC[C@@H]34)[C@]21C. The first-order valence-corrected chi connectivity index (χ1v) is 14.9. The molecule has 3 aliphatic carbocycles. The maximum Gasteiger partial charge on any atom is 0.340 e. The number of aliphatic hydroxyl groups is 2. The topological polar surface area (TPSA) is 135 Å². The van der Waals surface area contributed by atoms with Crippen LogP contribution in [0.2, 0.25) is 0 Å². The van der Waals surface area contributed by atoms with Crippen LogP contribution in [0.3, 0.4) is 0 Å². The lowest BCUT2D eigenvalue weighted by molar-refractivity contribution is -0.161. The number of Topliss-reactive ketones (excluding diaryl/α,β-unsaturated/α-hetero) is 1. The summed E-state index contributed by atoms with van der Waals surface area (Å²) in [5.41, 5.74) is -0.784. The van der Waals surface area contributed by atoms with Crippen molar-refractivity contribution in [2.45, 2.75) is 64.8 Å². The molecule has 5 aliphatic rings. The van der Waals surface area contributed by atoms with E-state index in [1.807, 2.05) is 25.8 Å². The molecule has 0 aromatic rings. The van der Waals surface area contributed by atoms with Crippen LogP contribution in [0, 0.1) is 16.7 Å². The van der Waals surface area contributed by atoms with E-state index in [1.165, 1.54) is 14.0 Å². The number of methoxy groups -OCH3 is 1. The lowest BCUT2D eigenvalue weighted by atomic mass is 9.53. The zero-order valence-corrected chi connectivity index (χ0v) is 25.3. The number of hydrogen-bond donors (Lipinski definition) is 2. The Kier molecular flexibility index (Phi) is 8.59. The van der Waals surface area contributed by atoms with Gasteiger partial charge in [0.2, 0.25) is 5.78 Å². The van der Waals surface area contributed by atoms with Gasteiger partial charge in [-0.3, -0.25) is 14.5 Å². The van der Waals surface area contributed by atoms with Gasteiger partial charge in [0.05, 0.1) is 36.9 Å². The van der Waals surface area contributed by atoms with E-state index in [1.54, 1.807) is 6.20 Å². The van der Waals surface area contributed by atoms with E-state index in [4.69, 9.17) is 18.9 Å². The molecule has 0 radical (unpaired) electrons. The van der Waals surface area contributed by atoms with Crippen molar-refractivity contribution < 1.29 is 43.5 Å². The predicted octanol–water partition coefficient (Wildman–Crippen LogP) is 1.91. The fraction of sp³-hybridized carbons (Fsp3) is 0.710. The fourth-order valence-electron chi connectivity index (χ4n) is 7.93. The molecule has 0 aromatic heterocycles.